The molecular formula is C21H27NO4. The highest BCUT2D eigenvalue weighted by Gasteiger charge is 2.60. The molecule has 1 amide bonds. The minimum Gasteiger partial charge on any atom is -0.424 e. The molecule has 5 rings (SSSR count). The third-order valence-electron chi connectivity index (χ3n) is 6.38. The Labute approximate surface area is 154 Å². The fourth-order valence-electron chi connectivity index (χ4n) is 6.63. The predicted octanol–water partition coefficient (Wildman–Crippen LogP) is 4.28. The van der Waals surface area contributed by atoms with E-state index < -0.39 is 12.1 Å². The van der Waals surface area contributed by atoms with Gasteiger partial charge >= 0.3 is 12.1 Å². The SMILES string of the molecule is C[C@]12C[C@@H]3C[C@](C)(C1)C[C@@](NC(=O)OCOC(=O)c1ccccc1)(C3)C2. The molecule has 0 aromatic heterocycles. The normalized spacial score (nSPS) is 37.2. The van der Waals surface area contributed by atoms with E-state index >= 15 is 0 Å². The van der Waals surface area contributed by atoms with Gasteiger partial charge in [-0.3, -0.25) is 0 Å². The smallest absolute Gasteiger partial charge is 0.410 e. The van der Waals surface area contributed by atoms with Crippen LogP contribution in [0.3, 0.4) is 0 Å². The standard InChI is InChI=1S/C21H27NO4/c1-19-8-15-9-20(2,11-19)13-21(10-15,12-19)22-18(24)26-14-25-17(23)16-6-4-3-5-7-16/h3-7,15H,8-14H2,1-2H3,(H,22,24)/t15-,19+,20-,21-. The van der Waals surface area contributed by atoms with Gasteiger partial charge in [-0.2, -0.15) is 0 Å². The molecule has 140 valence electrons. The lowest BCUT2D eigenvalue weighted by atomic mass is 9.43. The molecule has 4 saturated carbocycles. The molecule has 1 aromatic rings. The first-order valence-electron chi connectivity index (χ1n) is 9.46. The summed E-state index contributed by atoms with van der Waals surface area (Å²) in [5.41, 5.74) is 0.921. The molecule has 4 bridgehead atoms. The van der Waals surface area contributed by atoms with Crippen LogP contribution in [-0.4, -0.2) is 24.4 Å². The average Bonchev–Trinajstić information content (AvgIpc) is 2.51. The molecule has 1 aromatic carbocycles. The summed E-state index contributed by atoms with van der Waals surface area (Å²) in [6, 6.07) is 8.68. The molecule has 4 aliphatic rings. The van der Waals surface area contributed by atoms with E-state index in [9.17, 15) is 9.59 Å². The highest BCUT2D eigenvalue weighted by atomic mass is 16.7. The lowest BCUT2D eigenvalue weighted by Gasteiger charge is -2.65. The number of hydrogen-bond acceptors (Lipinski definition) is 4. The number of carbonyl (C=O) groups excluding carboxylic acids is 2. The van der Waals surface area contributed by atoms with Crippen molar-refractivity contribution in [1.29, 1.82) is 0 Å². The van der Waals surface area contributed by atoms with E-state index in [1.807, 2.05) is 6.07 Å². The van der Waals surface area contributed by atoms with Crippen molar-refractivity contribution in [3.05, 3.63) is 35.9 Å². The maximum atomic E-state index is 12.3. The van der Waals surface area contributed by atoms with Crippen LogP contribution in [0.25, 0.3) is 0 Å². The number of carbonyl (C=O) groups is 2. The molecule has 4 aliphatic carbocycles. The molecule has 5 heteroatoms. The maximum Gasteiger partial charge on any atom is 0.410 e. The van der Waals surface area contributed by atoms with E-state index in [-0.39, 0.29) is 12.3 Å². The number of alkyl carbamates (subject to hydrolysis) is 1. The second-order valence-corrected chi connectivity index (χ2v) is 9.38. The fourth-order valence-corrected chi connectivity index (χ4v) is 6.63. The monoisotopic (exact) mass is 357 g/mol. The zero-order valence-corrected chi connectivity index (χ0v) is 15.5. The fraction of sp³-hybridized carbons (Fsp3) is 0.619. The van der Waals surface area contributed by atoms with Crippen molar-refractivity contribution in [2.24, 2.45) is 16.7 Å². The Morgan fingerprint density at radius 1 is 1.00 bits per heavy atom. The van der Waals surface area contributed by atoms with Crippen molar-refractivity contribution >= 4 is 12.1 Å². The summed E-state index contributed by atoms with van der Waals surface area (Å²) in [7, 11) is 0. The number of hydrogen-bond donors (Lipinski definition) is 1. The van der Waals surface area contributed by atoms with Crippen molar-refractivity contribution in [3.8, 4) is 0 Å². The van der Waals surface area contributed by atoms with Crippen molar-refractivity contribution in [3.63, 3.8) is 0 Å². The number of benzene rings is 1. The van der Waals surface area contributed by atoms with E-state index in [0.717, 1.165) is 19.3 Å². The molecule has 5 nitrogen and oxygen atoms in total. The molecular weight excluding hydrogens is 330 g/mol. The Kier molecular flexibility index (Phi) is 4.01. The van der Waals surface area contributed by atoms with Crippen LogP contribution < -0.4 is 5.32 Å². The Balaban J connectivity index is 1.32. The molecule has 0 saturated heterocycles. The van der Waals surface area contributed by atoms with Gasteiger partial charge in [-0.15, -0.1) is 0 Å². The molecule has 0 spiro atoms. The molecule has 26 heavy (non-hydrogen) atoms. The average molecular weight is 357 g/mol. The van der Waals surface area contributed by atoms with Crippen molar-refractivity contribution in [1.82, 2.24) is 5.32 Å². The van der Waals surface area contributed by atoms with Gasteiger partial charge in [0.1, 0.15) is 0 Å². The maximum absolute atomic E-state index is 12.3. The summed E-state index contributed by atoms with van der Waals surface area (Å²) in [5.74, 6) is 0.200. The van der Waals surface area contributed by atoms with Crippen LogP contribution in [0.15, 0.2) is 30.3 Å². The van der Waals surface area contributed by atoms with E-state index in [1.54, 1.807) is 24.3 Å². The summed E-state index contributed by atoms with van der Waals surface area (Å²) in [6.07, 6.45) is 6.39. The largest absolute Gasteiger partial charge is 0.424 e. The summed E-state index contributed by atoms with van der Waals surface area (Å²) < 4.78 is 10.2. The zero-order chi connectivity index (χ0) is 18.4. The first-order chi connectivity index (χ1) is 12.3. The number of esters is 1. The summed E-state index contributed by atoms with van der Waals surface area (Å²) >= 11 is 0. The lowest BCUT2D eigenvalue weighted by Crippen LogP contribution is -2.65. The van der Waals surface area contributed by atoms with Crippen molar-refractivity contribution < 1.29 is 19.1 Å². The van der Waals surface area contributed by atoms with Gasteiger partial charge in [-0.1, -0.05) is 32.0 Å². The van der Waals surface area contributed by atoms with Crippen LogP contribution >= 0.6 is 0 Å². The Morgan fingerprint density at radius 2 is 1.65 bits per heavy atom. The van der Waals surface area contributed by atoms with Gasteiger partial charge in [-0.25, -0.2) is 9.59 Å². The second-order valence-electron chi connectivity index (χ2n) is 9.38. The molecule has 4 atom stereocenters. The molecule has 0 radical (unpaired) electrons. The number of rotatable bonds is 4. The Hall–Kier alpha value is -2.04. The molecule has 1 N–H and O–H groups in total. The highest BCUT2D eigenvalue weighted by Crippen LogP contribution is 2.66. The van der Waals surface area contributed by atoms with E-state index in [1.165, 1.54) is 19.3 Å². The van der Waals surface area contributed by atoms with E-state index in [2.05, 4.69) is 19.2 Å². The third kappa shape index (κ3) is 3.31. The van der Waals surface area contributed by atoms with Crippen LogP contribution in [0.2, 0.25) is 0 Å². The topological polar surface area (TPSA) is 64.6 Å². The van der Waals surface area contributed by atoms with Gasteiger partial charge in [0.2, 0.25) is 6.79 Å². The number of amides is 1. The third-order valence-corrected chi connectivity index (χ3v) is 6.38. The van der Waals surface area contributed by atoms with Crippen molar-refractivity contribution in [2.45, 2.75) is 57.9 Å². The molecule has 4 fully saturated rings. The minimum absolute atomic E-state index is 0.163. The predicted molar refractivity (Wildman–Crippen MR) is 96.5 cm³/mol. The van der Waals surface area contributed by atoms with Crippen LogP contribution in [0.1, 0.15) is 62.7 Å². The van der Waals surface area contributed by atoms with Crippen molar-refractivity contribution in [2.75, 3.05) is 6.79 Å². The van der Waals surface area contributed by atoms with Gasteiger partial charge < -0.3 is 14.8 Å². The van der Waals surface area contributed by atoms with Gasteiger partial charge in [-0.05, 0) is 67.4 Å². The van der Waals surface area contributed by atoms with Crippen LogP contribution in [0.5, 0.6) is 0 Å². The van der Waals surface area contributed by atoms with E-state index in [4.69, 9.17) is 9.47 Å². The second kappa shape index (κ2) is 6.00. The lowest BCUT2D eigenvalue weighted by molar-refractivity contribution is -0.116. The van der Waals surface area contributed by atoms with Gasteiger partial charge in [0.25, 0.3) is 0 Å². The molecule has 0 heterocycles. The number of nitrogens with one attached hydrogen (secondary N) is 1. The van der Waals surface area contributed by atoms with E-state index in [0.29, 0.717) is 22.3 Å². The summed E-state index contributed by atoms with van der Waals surface area (Å²) in [5, 5.41) is 3.14. The summed E-state index contributed by atoms with van der Waals surface area (Å²) in [6.45, 7) is 4.35. The Bertz CT molecular complexity index is 698. The molecule has 0 aliphatic heterocycles. The van der Waals surface area contributed by atoms with Crippen LogP contribution in [0, 0.1) is 16.7 Å². The summed E-state index contributed by atoms with van der Waals surface area (Å²) in [4.78, 5) is 24.2. The van der Waals surface area contributed by atoms with Crippen LogP contribution in [-0.2, 0) is 9.47 Å². The highest BCUT2D eigenvalue weighted by molar-refractivity contribution is 5.89. The minimum atomic E-state index is -0.492. The van der Waals surface area contributed by atoms with Gasteiger partial charge in [0.15, 0.2) is 0 Å². The quantitative estimate of drug-likeness (QED) is 0.645. The van der Waals surface area contributed by atoms with Gasteiger partial charge in [0.05, 0.1) is 5.56 Å². The zero-order valence-electron chi connectivity index (χ0n) is 15.5. The van der Waals surface area contributed by atoms with Gasteiger partial charge in [0, 0.05) is 5.54 Å². The Morgan fingerprint density at radius 3 is 2.27 bits per heavy atom. The first kappa shape index (κ1) is 17.4. The molecule has 0 unspecified atom stereocenters. The number of ether oxygens (including phenoxy) is 2. The van der Waals surface area contributed by atoms with Crippen LogP contribution in [0.4, 0.5) is 4.79 Å². The first-order valence-corrected chi connectivity index (χ1v) is 9.46.